The molecule has 0 saturated carbocycles. The summed E-state index contributed by atoms with van der Waals surface area (Å²) in [6.07, 6.45) is 4.72. The van der Waals surface area contributed by atoms with Crippen LogP contribution in [-0.4, -0.2) is 0 Å². The van der Waals surface area contributed by atoms with Crippen LogP contribution in [-0.2, 0) is 0 Å². The van der Waals surface area contributed by atoms with E-state index in [9.17, 15) is 0 Å². The van der Waals surface area contributed by atoms with Crippen LogP contribution in [0.1, 0.15) is 19.3 Å². The predicted molar refractivity (Wildman–Crippen MR) is 23.5 cm³/mol. The van der Waals surface area contributed by atoms with Crippen molar-refractivity contribution >= 4 is 0 Å². The van der Waals surface area contributed by atoms with Crippen LogP contribution in [0.15, 0.2) is 0 Å². The van der Waals surface area contributed by atoms with Gasteiger partial charge in [-0.3, -0.25) is 0 Å². The molecular weight excluding hydrogens is 200 g/mol. The van der Waals surface area contributed by atoms with Gasteiger partial charge in [0.2, 0.25) is 0 Å². The molecule has 0 bridgehead atoms. The fraction of sp³-hybridized carbons (Fsp3) is 1.00. The molecule has 1 fully saturated rings. The third-order valence-corrected chi connectivity index (χ3v) is 5.65. The number of hydrogen-bond donors (Lipinski definition) is 0. The van der Waals surface area contributed by atoms with Gasteiger partial charge in [-0.15, -0.1) is 0 Å². The maximum absolute atomic E-state index is 1.69. The first-order valence-electron chi connectivity index (χ1n) is 2.71. The summed E-state index contributed by atoms with van der Waals surface area (Å²) < 4.78 is 3.39. The van der Waals surface area contributed by atoms with E-state index in [0.717, 1.165) is 0 Å². The second-order valence-corrected chi connectivity index (χ2v) is 6.52. The molecular formula is C5H10Ce. The first-order valence-corrected chi connectivity index (χ1v) is 7.15. The molecule has 1 saturated heterocycles. The van der Waals surface area contributed by atoms with Gasteiger partial charge in [0.25, 0.3) is 0 Å². The van der Waals surface area contributed by atoms with Crippen LogP contribution >= 0.6 is 0 Å². The standard InChI is InChI=1S/C5H10.Ce/c1-3-5-4-2;/h1-5H2;. The van der Waals surface area contributed by atoms with Crippen molar-refractivity contribution in [3.63, 3.8) is 0 Å². The third kappa shape index (κ3) is 1.89. The molecule has 0 atom stereocenters. The Morgan fingerprint density at radius 3 is 1.67 bits per heavy atom. The van der Waals surface area contributed by atoms with Crippen molar-refractivity contribution in [2.24, 2.45) is 0 Å². The van der Waals surface area contributed by atoms with E-state index in [1.807, 2.05) is 0 Å². The molecule has 0 radical (unpaired) electrons. The van der Waals surface area contributed by atoms with E-state index in [1.54, 1.807) is 23.1 Å². The van der Waals surface area contributed by atoms with Crippen molar-refractivity contribution in [3.05, 3.63) is 0 Å². The molecule has 34 valence electrons. The van der Waals surface area contributed by atoms with Crippen LogP contribution in [0.25, 0.3) is 0 Å². The van der Waals surface area contributed by atoms with E-state index in [2.05, 4.69) is 0 Å². The van der Waals surface area contributed by atoms with Crippen LogP contribution in [0, 0.1) is 37.6 Å². The summed E-state index contributed by atoms with van der Waals surface area (Å²) in [6, 6.07) is 0. The van der Waals surface area contributed by atoms with E-state index < -0.39 is 0 Å². The molecule has 1 aliphatic heterocycles. The summed E-state index contributed by atoms with van der Waals surface area (Å²) in [6.45, 7) is 0. The molecule has 0 spiro atoms. The molecule has 1 heteroatoms. The molecule has 0 aromatic rings. The van der Waals surface area contributed by atoms with E-state index in [-0.39, 0.29) is 37.6 Å². The van der Waals surface area contributed by atoms with E-state index in [1.165, 1.54) is 0 Å². The molecule has 0 nitrogen and oxygen atoms in total. The van der Waals surface area contributed by atoms with Crippen molar-refractivity contribution < 1.29 is 37.6 Å². The van der Waals surface area contributed by atoms with Gasteiger partial charge in [-0.05, 0) is 0 Å². The number of hydrogen-bond acceptors (Lipinski definition) is 0. The SMILES string of the molecule is C1C[CH2][Ce][CH2]C1. The van der Waals surface area contributed by atoms with Gasteiger partial charge >= 0.3 is 60.7 Å². The fourth-order valence-electron chi connectivity index (χ4n) is 0.802. The summed E-state index contributed by atoms with van der Waals surface area (Å²) in [5.41, 5.74) is 0. The molecule has 0 N–H and O–H groups in total. The zero-order chi connectivity index (χ0) is 4.24. The molecule has 0 aliphatic carbocycles. The molecule has 0 aromatic carbocycles. The van der Waals surface area contributed by atoms with E-state index >= 15 is 0 Å². The molecule has 0 unspecified atom stereocenters. The minimum atomic E-state index is 0.112. The van der Waals surface area contributed by atoms with Gasteiger partial charge in [-0.25, -0.2) is 0 Å². The molecule has 1 aliphatic rings. The van der Waals surface area contributed by atoms with Crippen LogP contribution in [0.5, 0.6) is 0 Å². The van der Waals surface area contributed by atoms with Gasteiger partial charge in [-0.1, -0.05) is 0 Å². The summed E-state index contributed by atoms with van der Waals surface area (Å²) >= 11 is 0.112. The monoisotopic (exact) mass is 210 g/mol. The van der Waals surface area contributed by atoms with Gasteiger partial charge in [0.1, 0.15) is 0 Å². The van der Waals surface area contributed by atoms with Crippen molar-refractivity contribution in [2.75, 3.05) is 0 Å². The third-order valence-electron chi connectivity index (χ3n) is 1.21. The number of rotatable bonds is 0. The van der Waals surface area contributed by atoms with Crippen molar-refractivity contribution in [1.29, 1.82) is 0 Å². The maximum atomic E-state index is 1.69. The first kappa shape index (κ1) is 5.51. The topological polar surface area (TPSA) is 0 Å². The Morgan fingerprint density at radius 1 is 0.833 bits per heavy atom. The van der Waals surface area contributed by atoms with Crippen molar-refractivity contribution in [2.45, 2.75) is 23.1 Å². The Bertz CT molecular complexity index is 19.4. The average Bonchev–Trinajstić information content (AvgIpc) is 1.72. The Morgan fingerprint density at radius 2 is 1.50 bits per heavy atom. The van der Waals surface area contributed by atoms with Gasteiger partial charge in [0.15, 0.2) is 0 Å². The fourth-order valence-corrected chi connectivity index (χ4v) is 4.73. The van der Waals surface area contributed by atoms with Crippen LogP contribution < -0.4 is 0 Å². The normalized spacial score (nSPS) is 22.7. The summed E-state index contributed by atoms with van der Waals surface area (Å²) in [4.78, 5) is 0. The van der Waals surface area contributed by atoms with Gasteiger partial charge < -0.3 is 0 Å². The Kier molecular flexibility index (Phi) is 3.11. The Labute approximate surface area is 59.9 Å². The summed E-state index contributed by atoms with van der Waals surface area (Å²) in [5.74, 6) is 0. The molecule has 1 heterocycles. The zero-order valence-electron chi connectivity index (χ0n) is 4.04. The summed E-state index contributed by atoms with van der Waals surface area (Å²) in [5, 5.41) is 0. The van der Waals surface area contributed by atoms with E-state index in [0.29, 0.717) is 0 Å². The minimum absolute atomic E-state index is 0.112. The predicted octanol–water partition coefficient (Wildman–Crippen LogP) is 2.09. The average molecular weight is 210 g/mol. The molecule has 0 aromatic heterocycles. The molecule has 0 amide bonds. The zero-order valence-corrected chi connectivity index (χ0v) is 7.18. The van der Waals surface area contributed by atoms with Gasteiger partial charge in [0, 0.05) is 0 Å². The molecule has 1 rings (SSSR count). The van der Waals surface area contributed by atoms with Gasteiger partial charge in [0.05, 0.1) is 0 Å². The van der Waals surface area contributed by atoms with Crippen LogP contribution in [0.2, 0.25) is 3.88 Å². The second-order valence-electron chi connectivity index (χ2n) is 1.81. The quantitative estimate of drug-likeness (QED) is 0.574. The Balaban J connectivity index is 2.00. The molecule has 6 heavy (non-hydrogen) atoms. The van der Waals surface area contributed by atoms with Crippen LogP contribution in [0.4, 0.5) is 0 Å². The Hall–Kier alpha value is 1.38. The van der Waals surface area contributed by atoms with Crippen molar-refractivity contribution in [1.82, 2.24) is 0 Å². The first-order chi connectivity index (χ1) is 3.00. The van der Waals surface area contributed by atoms with Gasteiger partial charge in [-0.2, -0.15) is 0 Å². The van der Waals surface area contributed by atoms with E-state index in [4.69, 9.17) is 0 Å². The second kappa shape index (κ2) is 3.39. The summed E-state index contributed by atoms with van der Waals surface area (Å²) in [7, 11) is 0. The van der Waals surface area contributed by atoms with Crippen LogP contribution in [0.3, 0.4) is 0 Å². The van der Waals surface area contributed by atoms with Crippen molar-refractivity contribution in [3.8, 4) is 0 Å².